The predicted molar refractivity (Wildman–Crippen MR) is 62.9 cm³/mol. The molecule has 0 bridgehead atoms. The number of nitriles is 1. The molecule has 0 aliphatic rings. The minimum Gasteiger partial charge on any atom is -0.299 e. The Morgan fingerprint density at radius 1 is 1.56 bits per heavy atom. The van der Waals surface area contributed by atoms with Crippen molar-refractivity contribution >= 4 is 21.7 Å². The molecule has 0 aliphatic carbocycles. The molecular formula is C12H11BrFNO. The summed E-state index contributed by atoms with van der Waals surface area (Å²) in [5, 5.41) is 8.70. The topological polar surface area (TPSA) is 40.9 Å². The zero-order valence-electron chi connectivity index (χ0n) is 9.00. The fraction of sp³-hybridized carbons (Fsp3) is 0.333. The van der Waals surface area contributed by atoms with Crippen LogP contribution in [0.2, 0.25) is 0 Å². The average Bonchev–Trinajstić information content (AvgIpc) is 2.27. The van der Waals surface area contributed by atoms with Crippen molar-refractivity contribution in [3.63, 3.8) is 0 Å². The molecule has 1 aromatic rings. The second-order valence-corrected chi connectivity index (χ2v) is 4.64. The Bertz CT molecular complexity index is 453. The maximum absolute atomic E-state index is 13.1. The summed E-state index contributed by atoms with van der Waals surface area (Å²) in [7, 11) is 0. The summed E-state index contributed by atoms with van der Waals surface area (Å²) in [5.41, 5.74) is 0.780. The molecule has 0 spiro atoms. The fourth-order valence-corrected chi connectivity index (χ4v) is 1.74. The van der Waals surface area contributed by atoms with Gasteiger partial charge in [0.1, 0.15) is 17.7 Å². The van der Waals surface area contributed by atoms with Gasteiger partial charge in [0.15, 0.2) is 0 Å². The highest BCUT2D eigenvalue weighted by atomic mass is 79.9. The molecular weight excluding hydrogens is 273 g/mol. The summed E-state index contributed by atoms with van der Waals surface area (Å²) in [6, 6.07) is 6.12. The van der Waals surface area contributed by atoms with Crippen LogP contribution in [0.4, 0.5) is 4.39 Å². The third kappa shape index (κ3) is 2.67. The molecule has 84 valence electrons. The Hall–Kier alpha value is -1.21. The van der Waals surface area contributed by atoms with Crippen molar-refractivity contribution in [3.05, 3.63) is 35.1 Å². The number of halogens is 2. The van der Waals surface area contributed by atoms with Crippen molar-refractivity contribution in [2.45, 2.75) is 24.6 Å². The SMILES string of the molecule is CC(=O)C(Br)C(C)c1ccc(F)c(C#N)c1. The molecule has 1 aromatic carbocycles. The van der Waals surface area contributed by atoms with Crippen molar-refractivity contribution in [2.24, 2.45) is 0 Å². The van der Waals surface area contributed by atoms with E-state index in [1.807, 2.05) is 6.92 Å². The smallest absolute Gasteiger partial charge is 0.144 e. The number of alkyl halides is 1. The Kier molecular flexibility index (Phi) is 4.19. The van der Waals surface area contributed by atoms with Crippen LogP contribution in [0.1, 0.15) is 30.9 Å². The molecule has 0 radical (unpaired) electrons. The lowest BCUT2D eigenvalue weighted by Crippen LogP contribution is -2.17. The number of ketones is 1. The highest BCUT2D eigenvalue weighted by molar-refractivity contribution is 9.10. The van der Waals surface area contributed by atoms with Crippen LogP contribution in [0, 0.1) is 17.1 Å². The van der Waals surface area contributed by atoms with Crippen LogP contribution in [0.5, 0.6) is 0 Å². The lowest BCUT2D eigenvalue weighted by molar-refractivity contribution is -0.116. The number of rotatable bonds is 3. The summed E-state index contributed by atoms with van der Waals surface area (Å²) >= 11 is 3.28. The number of Topliss-reactive ketones (excluding diaryl/α,β-unsaturated/α-hetero) is 1. The Labute approximate surface area is 102 Å². The number of carbonyl (C=O) groups excluding carboxylic acids is 1. The third-order valence-corrected chi connectivity index (χ3v) is 3.90. The molecule has 0 heterocycles. The predicted octanol–water partition coefficient (Wildman–Crippen LogP) is 3.15. The zero-order valence-corrected chi connectivity index (χ0v) is 10.6. The molecule has 0 N–H and O–H groups in total. The van der Waals surface area contributed by atoms with E-state index in [4.69, 9.17) is 5.26 Å². The van der Waals surface area contributed by atoms with Crippen LogP contribution in [-0.2, 0) is 4.79 Å². The van der Waals surface area contributed by atoms with Gasteiger partial charge in [0.2, 0.25) is 0 Å². The van der Waals surface area contributed by atoms with Crippen LogP contribution in [-0.4, -0.2) is 10.6 Å². The maximum atomic E-state index is 13.1. The first kappa shape index (κ1) is 12.9. The first-order valence-electron chi connectivity index (χ1n) is 4.81. The lowest BCUT2D eigenvalue weighted by atomic mass is 9.94. The van der Waals surface area contributed by atoms with Gasteiger partial charge in [-0.1, -0.05) is 28.9 Å². The molecule has 2 atom stereocenters. The molecule has 0 fully saturated rings. The molecule has 0 saturated carbocycles. The van der Waals surface area contributed by atoms with Gasteiger partial charge in [-0.25, -0.2) is 4.39 Å². The summed E-state index contributed by atoms with van der Waals surface area (Å²) in [6.07, 6.45) is 0. The number of hydrogen-bond acceptors (Lipinski definition) is 2. The zero-order chi connectivity index (χ0) is 12.3. The number of nitrogens with zero attached hydrogens (tertiary/aromatic N) is 1. The van der Waals surface area contributed by atoms with Crippen molar-refractivity contribution in [1.82, 2.24) is 0 Å². The van der Waals surface area contributed by atoms with E-state index >= 15 is 0 Å². The van der Waals surface area contributed by atoms with E-state index in [9.17, 15) is 9.18 Å². The lowest BCUT2D eigenvalue weighted by Gasteiger charge is -2.16. The van der Waals surface area contributed by atoms with Crippen LogP contribution < -0.4 is 0 Å². The van der Waals surface area contributed by atoms with Crippen LogP contribution in [0.3, 0.4) is 0 Å². The summed E-state index contributed by atoms with van der Waals surface area (Å²) in [6.45, 7) is 3.35. The van der Waals surface area contributed by atoms with Gasteiger partial charge in [0, 0.05) is 5.92 Å². The van der Waals surface area contributed by atoms with Gasteiger partial charge in [-0.15, -0.1) is 0 Å². The van der Waals surface area contributed by atoms with E-state index in [0.717, 1.165) is 5.56 Å². The first-order chi connectivity index (χ1) is 7.47. The molecule has 0 amide bonds. The minimum atomic E-state index is -0.535. The van der Waals surface area contributed by atoms with E-state index in [1.165, 1.54) is 19.1 Å². The Morgan fingerprint density at radius 3 is 2.69 bits per heavy atom. The molecule has 0 aromatic heterocycles. The monoisotopic (exact) mass is 283 g/mol. The Balaban J connectivity index is 3.06. The van der Waals surface area contributed by atoms with Crippen molar-refractivity contribution in [1.29, 1.82) is 5.26 Å². The van der Waals surface area contributed by atoms with Gasteiger partial charge in [-0.2, -0.15) is 5.26 Å². The quantitative estimate of drug-likeness (QED) is 0.800. The normalized spacial score (nSPS) is 13.9. The highest BCUT2D eigenvalue weighted by Gasteiger charge is 2.20. The Morgan fingerprint density at radius 2 is 2.19 bits per heavy atom. The highest BCUT2D eigenvalue weighted by Crippen LogP contribution is 2.26. The van der Waals surface area contributed by atoms with E-state index in [-0.39, 0.29) is 22.1 Å². The summed E-state index contributed by atoms with van der Waals surface area (Å²) in [5.74, 6) is -0.618. The van der Waals surface area contributed by atoms with Crippen molar-refractivity contribution in [3.8, 4) is 6.07 Å². The fourth-order valence-electron chi connectivity index (χ4n) is 1.43. The number of hydrogen-bond donors (Lipinski definition) is 0. The van der Waals surface area contributed by atoms with Crippen LogP contribution >= 0.6 is 15.9 Å². The molecule has 0 saturated heterocycles. The van der Waals surface area contributed by atoms with Crippen LogP contribution in [0.25, 0.3) is 0 Å². The second-order valence-electron chi connectivity index (χ2n) is 3.65. The van der Waals surface area contributed by atoms with Gasteiger partial charge >= 0.3 is 0 Å². The standard InChI is InChI=1S/C12H11BrFNO/c1-7(12(13)8(2)16)9-3-4-11(14)10(5-9)6-15/h3-5,7,12H,1-2H3. The first-order valence-corrected chi connectivity index (χ1v) is 5.73. The molecule has 2 unspecified atom stereocenters. The van der Waals surface area contributed by atoms with E-state index in [1.54, 1.807) is 12.1 Å². The number of benzene rings is 1. The van der Waals surface area contributed by atoms with E-state index in [0.29, 0.717) is 0 Å². The van der Waals surface area contributed by atoms with Crippen LogP contribution in [0.15, 0.2) is 18.2 Å². The third-order valence-electron chi connectivity index (χ3n) is 2.46. The number of carbonyl (C=O) groups is 1. The maximum Gasteiger partial charge on any atom is 0.144 e. The van der Waals surface area contributed by atoms with Crippen molar-refractivity contribution in [2.75, 3.05) is 0 Å². The van der Waals surface area contributed by atoms with Gasteiger partial charge in [-0.05, 0) is 24.6 Å². The summed E-state index contributed by atoms with van der Waals surface area (Å²) < 4.78 is 13.1. The van der Waals surface area contributed by atoms with Gasteiger partial charge in [0.25, 0.3) is 0 Å². The molecule has 16 heavy (non-hydrogen) atoms. The molecule has 2 nitrogen and oxygen atoms in total. The van der Waals surface area contributed by atoms with Gasteiger partial charge in [-0.3, -0.25) is 4.79 Å². The minimum absolute atomic E-state index is 0.00704. The van der Waals surface area contributed by atoms with Gasteiger partial charge < -0.3 is 0 Å². The van der Waals surface area contributed by atoms with E-state index < -0.39 is 5.82 Å². The van der Waals surface area contributed by atoms with Crippen molar-refractivity contribution < 1.29 is 9.18 Å². The van der Waals surface area contributed by atoms with E-state index in [2.05, 4.69) is 15.9 Å². The van der Waals surface area contributed by atoms with Gasteiger partial charge in [0.05, 0.1) is 10.4 Å². The average molecular weight is 284 g/mol. The molecule has 4 heteroatoms. The largest absolute Gasteiger partial charge is 0.299 e. The molecule has 0 aliphatic heterocycles. The summed E-state index contributed by atoms with van der Waals surface area (Å²) in [4.78, 5) is 10.9. The molecule has 1 rings (SSSR count). The second kappa shape index (κ2) is 5.22.